The number of aromatic hydroxyl groups is 1. The third kappa shape index (κ3) is 3.40. The van der Waals surface area contributed by atoms with Gasteiger partial charge in [-0.1, -0.05) is 70.8 Å². The van der Waals surface area contributed by atoms with Crippen molar-refractivity contribution in [2.24, 2.45) is 0 Å². The van der Waals surface area contributed by atoms with Gasteiger partial charge in [0.15, 0.2) is 0 Å². The van der Waals surface area contributed by atoms with E-state index < -0.39 is 0 Å². The van der Waals surface area contributed by atoms with Crippen molar-refractivity contribution in [3.05, 3.63) is 45.4 Å². The fraction of sp³-hybridized carbons (Fsp3) is 0.400. The van der Waals surface area contributed by atoms with Crippen molar-refractivity contribution in [3.8, 4) is 11.4 Å². The van der Waals surface area contributed by atoms with Crippen LogP contribution in [0.1, 0.15) is 52.7 Å². The van der Waals surface area contributed by atoms with Crippen LogP contribution in [0.15, 0.2) is 24.3 Å². The van der Waals surface area contributed by atoms with Crippen LogP contribution in [0.5, 0.6) is 5.75 Å². The zero-order valence-corrected chi connectivity index (χ0v) is 17.4. The molecule has 3 rings (SSSR count). The first-order chi connectivity index (χ1) is 11.9. The molecule has 0 saturated carbocycles. The molecule has 0 unspecified atom stereocenters. The van der Waals surface area contributed by atoms with E-state index in [9.17, 15) is 5.11 Å². The third-order valence-corrected chi connectivity index (χ3v) is 5.12. The Hall–Kier alpha value is -1.78. The first-order valence-corrected chi connectivity index (χ1v) is 9.24. The van der Waals surface area contributed by atoms with Crippen molar-refractivity contribution in [1.29, 1.82) is 0 Å². The Morgan fingerprint density at radius 2 is 1.31 bits per heavy atom. The molecule has 1 N–H and O–H groups in total. The number of hydrogen-bond acceptors (Lipinski definition) is 3. The van der Waals surface area contributed by atoms with Crippen LogP contribution in [0.25, 0.3) is 16.7 Å². The number of aromatic nitrogens is 3. The number of phenols is 1. The molecule has 0 spiro atoms. The minimum atomic E-state index is -0.223. The molecule has 0 saturated heterocycles. The van der Waals surface area contributed by atoms with Gasteiger partial charge < -0.3 is 5.11 Å². The number of benzene rings is 2. The van der Waals surface area contributed by atoms with Gasteiger partial charge in [0.1, 0.15) is 22.5 Å². The summed E-state index contributed by atoms with van der Waals surface area (Å²) in [5.74, 6) is 0.183. The monoisotopic (exact) mass is 391 g/mol. The van der Waals surface area contributed by atoms with Gasteiger partial charge >= 0.3 is 0 Å². The second-order valence-corrected chi connectivity index (χ2v) is 9.45. The van der Waals surface area contributed by atoms with E-state index in [0.717, 1.165) is 11.1 Å². The zero-order chi connectivity index (χ0) is 19.4. The number of fused-ring (bicyclic) bond motifs is 1. The highest BCUT2D eigenvalue weighted by molar-refractivity contribution is 6.42. The highest BCUT2D eigenvalue weighted by Gasteiger charge is 2.26. The zero-order valence-electron chi connectivity index (χ0n) is 15.9. The maximum atomic E-state index is 10.9. The Bertz CT molecular complexity index is 956. The first-order valence-electron chi connectivity index (χ1n) is 8.48. The summed E-state index contributed by atoms with van der Waals surface area (Å²) in [6.45, 7) is 12.6. The molecule has 0 amide bonds. The number of halogens is 2. The number of rotatable bonds is 1. The molecule has 4 nitrogen and oxygen atoms in total. The van der Waals surface area contributed by atoms with Gasteiger partial charge in [0.2, 0.25) is 0 Å². The van der Waals surface area contributed by atoms with Crippen molar-refractivity contribution in [2.75, 3.05) is 0 Å². The Balaban J connectivity index is 2.30. The van der Waals surface area contributed by atoms with Crippen LogP contribution in [-0.2, 0) is 10.8 Å². The highest BCUT2D eigenvalue weighted by atomic mass is 35.5. The minimum absolute atomic E-state index is 0.0817. The largest absolute Gasteiger partial charge is 0.505 e. The molecule has 0 aliphatic carbocycles. The van der Waals surface area contributed by atoms with Crippen molar-refractivity contribution in [2.45, 2.75) is 52.4 Å². The van der Waals surface area contributed by atoms with Gasteiger partial charge in [-0.2, -0.15) is 0 Å². The topological polar surface area (TPSA) is 50.9 Å². The van der Waals surface area contributed by atoms with Gasteiger partial charge in [0, 0.05) is 5.56 Å². The standard InChI is InChI=1S/C20H23Cl2N3O/c1-19(2,3)11-7-12(20(4,5)6)18(26)17(8-11)25-23-15-9-13(21)14(22)10-16(15)24-25/h7-10,26H,1-6H3. The normalized spacial score (nSPS) is 12.8. The van der Waals surface area contributed by atoms with E-state index >= 15 is 0 Å². The molecule has 2 aromatic carbocycles. The quantitative estimate of drug-likeness (QED) is 0.550. The first kappa shape index (κ1) is 19.0. The number of nitrogens with zero attached hydrogens (tertiary/aromatic N) is 3. The van der Waals surface area contributed by atoms with Gasteiger partial charge in [0.25, 0.3) is 0 Å². The van der Waals surface area contributed by atoms with Gasteiger partial charge in [-0.15, -0.1) is 15.0 Å². The van der Waals surface area contributed by atoms with E-state index in [1.54, 1.807) is 12.1 Å². The van der Waals surface area contributed by atoms with E-state index in [0.29, 0.717) is 26.8 Å². The van der Waals surface area contributed by atoms with Crippen LogP contribution in [-0.4, -0.2) is 20.1 Å². The van der Waals surface area contributed by atoms with Crippen LogP contribution in [0.3, 0.4) is 0 Å². The van der Waals surface area contributed by atoms with Crippen molar-refractivity contribution >= 4 is 34.2 Å². The van der Waals surface area contributed by atoms with Crippen LogP contribution < -0.4 is 0 Å². The molecule has 0 atom stereocenters. The second kappa shape index (κ2) is 6.14. The van der Waals surface area contributed by atoms with Gasteiger partial charge in [-0.25, -0.2) is 0 Å². The fourth-order valence-corrected chi connectivity index (χ4v) is 3.11. The molecule has 3 aromatic rings. The smallest absolute Gasteiger partial charge is 0.146 e. The Kier molecular flexibility index (Phi) is 4.48. The fourth-order valence-electron chi connectivity index (χ4n) is 2.80. The average molecular weight is 392 g/mol. The maximum absolute atomic E-state index is 10.9. The van der Waals surface area contributed by atoms with Crippen LogP contribution in [0, 0.1) is 0 Å². The van der Waals surface area contributed by atoms with Crippen LogP contribution in [0.2, 0.25) is 10.0 Å². The van der Waals surface area contributed by atoms with Gasteiger partial charge in [-0.3, -0.25) is 0 Å². The Morgan fingerprint density at radius 3 is 1.73 bits per heavy atom. The van der Waals surface area contributed by atoms with E-state index in [-0.39, 0.29) is 16.6 Å². The van der Waals surface area contributed by atoms with Crippen LogP contribution >= 0.6 is 23.2 Å². The highest BCUT2D eigenvalue weighted by Crippen LogP contribution is 2.39. The summed E-state index contributed by atoms with van der Waals surface area (Å²) >= 11 is 12.2. The summed E-state index contributed by atoms with van der Waals surface area (Å²) in [5, 5.41) is 20.8. The molecule has 1 aromatic heterocycles. The maximum Gasteiger partial charge on any atom is 0.146 e. The van der Waals surface area contributed by atoms with Crippen molar-refractivity contribution in [3.63, 3.8) is 0 Å². The van der Waals surface area contributed by atoms with Gasteiger partial charge in [0.05, 0.1) is 10.0 Å². The summed E-state index contributed by atoms with van der Waals surface area (Å²) in [6, 6.07) is 7.36. The molecule has 1 heterocycles. The van der Waals surface area contributed by atoms with E-state index in [2.05, 4.69) is 57.8 Å². The minimum Gasteiger partial charge on any atom is -0.505 e. The lowest BCUT2D eigenvalue weighted by Crippen LogP contribution is -2.18. The molecule has 6 heteroatoms. The van der Waals surface area contributed by atoms with E-state index in [1.165, 1.54) is 4.80 Å². The van der Waals surface area contributed by atoms with E-state index in [1.807, 2.05) is 6.07 Å². The molecule has 0 bridgehead atoms. The lowest BCUT2D eigenvalue weighted by molar-refractivity contribution is 0.438. The summed E-state index contributed by atoms with van der Waals surface area (Å²) < 4.78 is 0. The second-order valence-electron chi connectivity index (χ2n) is 8.64. The lowest BCUT2D eigenvalue weighted by atomic mass is 9.80. The number of hydrogen-bond donors (Lipinski definition) is 1. The lowest BCUT2D eigenvalue weighted by Gasteiger charge is -2.27. The number of phenolic OH excluding ortho intramolecular Hbond substituents is 1. The molecule has 0 aliphatic heterocycles. The Morgan fingerprint density at radius 1 is 0.808 bits per heavy atom. The van der Waals surface area contributed by atoms with Gasteiger partial charge in [-0.05, 0) is 34.6 Å². The summed E-state index contributed by atoms with van der Waals surface area (Å²) in [4.78, 5) is 1.46. The summed E-state index contributed by atoms with van der Waals surface area (Å²) in [7, 11) is 0. The predicted octanol–water partition coefficient (Wildman–Crippen LogP) is 6.03. The average Bonchev–Trinajstić information content (AvgIpc) is 2.88. The summed E-state index contributed by atoms with van der Waals surface area (Å²) in [5.41, 5.74) is 3.45. The predicted molar refractivity (Wildman–Crippen MR) is 108 cm³/mol. The molecule has 0 radical (unpaired) electrons. The third-order valence-electron chi connectivity index (χ3n) is 4.40. The van der Waals surface area contributed by atoms with E-state index in [4.69, 9.17) is 23.2 Å². The van der Waals surface area contributed by atoms with Crippen molar-refractivity contribution in [1.82, 2.24) is 15.0 Å². The van der Waals surface area contributed by atoms with Crippen molar-refractivity contribution < 1.29 is 5.11 Å². The SMILES string of the molecule is CC(C)(C)c1cc(-n2nc3cc(Cl)c(Cl)cc3n2)c(O)c(C(C)(C)C)c1. The molecule has 0 fully saturated rings. The Labute approximate surface area is 163 Å². The molecule has 0 aliphatic rings. The molecule has 26 heavy (non-hydrogen) atoms. The molecular formula is C20H23Cl2N3O. The molecular weight excluding hydrogens is 369 g/mol. The molecule has 138 valence electrons. The summed E-state index contributed by atoms with van der Waals surface area (Å²) in [6.07, 6.45) is 0. The van der Waals surface area contributed by atoms with Crippen LogP contribution in [0.4, 0.5) is 0 Å².